The molecule has 2 aromatic rings. The Morgan fingerprint density at radius 3 is 2.46 bits per heavy atom. The zero-order valence-electron chi connectivity index (χ0n) is 15.5. The van der Waals surface area contributed by atoms with E-state index < -0.39 is 0 Å². The highest BCUT2D eigenvalue weighted by Gasteiger charge is 2.16. The van der Waals surface area contributed by atoms with Gasteiger partial charge in [-0.3, -0.25) is 4.79 Å². The van der Waals surface area contributed by atoms with Crippen LogP contribution in [-0.4, -0.2) is 35.0 Å². The van der Waals surface area contributed by atoms with Crippen LogP contribution in [0.2, 0.25) is 0 Å². The average molecular weight is 353 g/mol. The van der Waals surface area contributed by atoms with Crippen LogP contribution in [0.1, 0.15) is 50.0 Å². The molecule has 0 spiro atoms. The summed E-state index contributed by atoms with van der Waals surface area (Å²) >= 11 is 0. The first-order valence-electron chi connectivity index (χ1n) is 9.45. The van der Waals surface area contributed by atoms with Crippen LogP contribution < -0.4 is 15.5 Å². The molecular formula is C20H27N5O. The maximum absolute atomic E-state index is 12.5. The summed E-state index contributed by atoms with van der Waals surface area (Å²) < 4.78 is 0. The summed E-state index contributed by atoms with van der Waals surface area (Å²) in [5.41, 5.74) is 2.28. The van der Waals surface area contributed by atoms with Gasteiger partial charge in [0.05, 0.1) is 0 Å². The van der Waals surface area contributed by atoms with E-state index in [9.17, 15) is 4.79 Å². The van der Waals surface area contributed by atoms with Crippen molar-refractivity contribution in [1.82, 2.24) is 9.97 Å². The van der Waals surface area contributed by atoms with E-state index in [0.717, 1.165) is 37.3 Å². The predicted molar refractivity (Wildman–Crippen MR) is 106 cm³/mol. The van der Waals surface area contributed by atoms with Crippen LogP contribution >= 0.6 is 0 Å². The van der Waals surface area contributed by atoms with Gasteiger partial charge in [-0.1, -0.05) is 12.8 Å². The first kappa shape index (κ1) is 18.2. The summed E-state index contributed by atoms with van der Waals surface area (Å²) in [5.74, 6) is 0.305. The number of aromatic nitrogens is 2. The van der Waals surface area contributed by atoms with E-state index in [1.165, 1.54) is 12.8 Å². The molecule has 6 nitrogen and oxygen atoms in total. The molecule has 1 saturated carbocycles. The number of rotatable bonds is 7. The predicted octanol–water partition coefficient (Wildman–Crippen LogP) is 3.93. The number of benzene rings is 1. The monoisotopic (exact) mass is 353 g/mol. The van der Waals surface area contributed by atoms with Gasteiger partial charge in [0.1, 0.15) is 5.69 Å². The number of hydrogen-bond donors (Lipinski definition) is 2. The summed E-state index contributed by atoms with van der Waals surface area (Å²) in [6.45, 7) is 6.18. The van der Waals surface area contributed by atoms with Crippen LogP contribution in [0.15, 0.2) is 36.5 Å². The number of amides is 1. The highest BCUT2D eigenvalue weighted by Crippen LogP contribution is 2.21. The Morgan fingerprint density at radius 2 is 1.81 bits per heavy atom. The minimum atomic E-state index is -0.225. The zero-order valence-corrected chi connectivity index (χ0v) is 15.5. The molecule has 0 saturated heterocycles. The van der Waals surface area contributed by atoms with Crippen LogP contribution in [0.4, 0.5) is 17.3 Å². The minimum absolute atomic E-state index is 0.225. The fourth-order valence-electron chi connectivity index (χ4n) is 3.35. The molecule has 1 aromatic carbocycles. The first-order valence-corrected chi connectivity index (χ1v) is 9.45. The van der Waals surface area contributed by atoms with Gasteiger partial charge in [-0.2, -0.15) is 0 Å². The summed E-state index contributed by atoms with van der Waals surface area (Å²) in [7, 11) is 0. The minimum Gasteiger partial charge on any atom is -0.372 e. The number of anilines is 3. The first-order chi connectivity index (χ1) is 12.7. The maximum Gasteiger partial charge on any atom is 0.274 e. The fraction of sp³-hybridized carbons (Fsp3) is 0.450. The molecule has 26 heavy (non-hydrogen) atoms. The quantitative estimate of drug-likeness (QED) is 0.789. The molecule has 2 N–H and O–H groups in total. The molecule has 1 aliphatic rings. The van der Waals surface area contributed by atoms with Gasteiger partial charge in [-0.15, -0.1) is 0 Å². The second-order valence-electron chi connectivity index (χ2n) is 6.56. The van der Waals surface area contributed by atoms with E-state index >= 15 is 0 Å². The van der Waals surface area contributed by atoms with E-state index in [2.05, 4.69) is 39.3 Å². The highest BCUT2D eigenvalue weighted by molar-refractivity contribution is 6.03. The lowest BCUT2D eigenvalue weighted by Crippen LogP contribution is -2.21. The van der Waals surface area contributed by atoms with E-state index in [4.69, 9.17) is 0 Å². The van der Waals surface area contributed by atoms with E-state index in [-0.39, 0.29) is 5.91 Å². The molecule has 0 aliphatic heterocycles. The normalized spacial score (nSPS) is 14.2. The third-order valence-electron chi connectivity index (χ3n) is 4.83. The van der Waals surface area contributed by atoms with E-state index in [0.29, 0.717) is 17.7 Å². The van der Waals surface area contributed by atoms with Gasteiger partial charge in [-0.25, -0.2) is 9.97 Å². The van der Waals surface area contributed by atoms with Crippen molar-refractivity contribution >= 4 is 23.2 Å². The van der Waals surface area contributed by atoms with Gasteiger partial charge >= 0.3 is 0 Å². The maximum atomic E-state index is 12.5. The fourth-order valence-corrected chi connectivity index (χ4v) is 3.35. The Labute approximate surface area is 155 Å². The average Bonchev–Trinajstić information content (AvgIpc) is 3.17. The Balaban J connectivity index is 1.64. The smallest absolute Gasteiger partial charge is 0.274 e. The van der Waals surface area contributed by atoms with Crippen molar-refractivity contribution in [1.29, 1.82) is 0 Å². The van der Waals surface area contributed by atoms with Crippen molar-refractivity contribution in [3.05, 3.63) is 42.2 Å². The number of carbonyl (C=O) groups excluding carboxylic acids is 1. The van der Waals surface area contributed by atoms with Crippen molar-refractivity contribution in [3.8, 4) is 0 Å². The molecule has 0 atom stereocenters. The number of hydrogen-bond acceptors (Lipinski definition) is 5. The van der Waals surface area contributed by atoms with Gasteiger partial charge in [0, 0.05) is 36.7 Å². The molecule has 1 aliphatic carbocycles. The molecule has 3 rings (SSSR count). The van der Waals surface area contributed by atoms with E-state index in [1.54, 1.807) is 12.3 Å². The molecule has 1 aromatic heterocycles. The van der Waals surface area contributed by atoms with E-state index in [1.807, 2.05) is 24.3 Å². The Kier molecular flexibility index (Phi) is 6.04. The van der Waals surface area contributed by atoms with Crippen LogP contribution in [0.5, 0.6) is 0 Å². The molecule has 0 radical (unpaired) electrons. The number of nitrogens with zero attached hydrogens (tertiary/aromatic N) is 3. The van der Waals surface area contributed by atoms with Gasteiger partial charge in [0.15, 0.2) is 0 Å². The second-order valence-corrected chi connectivity index (χ2v) is 6.56. The SMILES string of the molecule is CCN(CC)c1ccc(NC(=O)c2ccnc(NC3CCCC3)n2)cc1. The van der Waals surface area contributed by atoms with Crippen molar-refractivity contribution in [2.45, 2.75) is 45.6 Å². The van der Waals surface area contributed by atoms with Crippen LogP contribution in [0, 0.1) is 0 Å². The van der Waals surface area contributed by atoms with Crippen molar-refractivity contribution in [2.75, 3.05) is 28.6 Å². The Morgan fingerprint density at radius 1 is 1.12 bits per heavy atom. The van der Waals surface area contributed by atoms with Crippen LogP contribution in [-0.2, 0) is 0 Å². The summed E-state index contributed by atoms with van der Waals surface area (Å²) in [5, 5.41) is 6.23. The number of nitrogens with one attached hydrogen (secondary N) is 2. The highest BCUT2D eigenvalue weighted by atomic mass is 16.1. The molecule has 1 amide bonds. The standard InChI is InChI=1S/C20H27N5O/c1-3-25(4-2)17-11-9-16(10-12-17)22-19(26)18-13-14-21-20(24-18)23-15-7-5-6-8-15/h9-15H,3-8H2,1-2H3,(H,22,26)(H,21,23,24). The van der Waals surface area contributed by atoms with Crippen molar-refractivity contribution < 1.29 is 4.79 Å². The van der Waals surface area contributed by atoms with Crippen molar-refractivity contribution in [2.24, 2.45) is 0 Å². The van der Waals surface area contributed by atoms with Crippen LogP contribution in [0.3, 0.4) is 0 Å². The topological polar surface area (TPSA) is 70.2 Å². The molecular weight excluding hydrogens is 326 g/mol. The molecule has 1 fully saturated rings. The number of carbonyl (C=O) groups is 1. The summed E-state index contributed by atoms with van der Waals surface area (Å²) in [4.78, 5) is 23.4. The lowest BCUT2D eigenvalue weighted by Gasteiger charge is -2.21. The molecule has 138 valence electrons. The lowest BCUT2D eigenvalue weighted by molar-refractivity contribution is 0.102. The Hall–Kier alpha value is -2.63. The molecule has 1 heterocycles. The third kappa shape index (κ3) is 4.50. The van der Waals surface area contributed by atoms with Gasteiger partial charge in [0.2, 0.25) is 5.95 Å². The molecule has 0 bridgehead atoms. The van der Waals surface area contributed by atoms with Crippen molar-refractivity contribution in [3.63, 3.8) is 0 Å². The molecule has 0 unspecified atom stereocenters. The van der Waals surface area contributed by atoms with Gasteiger partial charge in [-0.05, 0) is 57.0 Å². The largest absolute Gasteiger partial charge is 0.372 e. The Bertz CT molecular complexity index is 721. The second kappa shape index (κ2) is 8.65. The third-order valence-corrected chi connectivity index (χ3v) is 4.83. The van der Waals surface area contributed by atoms with Gasteiger partial charge < -0.3 is 15.5 Å². The van der Waals surface area contributed by atoms with Gasteiger partial charge in [0.25, 0.3) is 5.91 Å². The summed E-state index contributed by atoms with van der Waals surface area (Å²) in [6.07, 6.45) is 6.38. The summed E-state index contributed by atoms with van der Waals surface area (Å²) in [6, 6.07) is 9.94. The van der Waals surface area contributed by atoms with Crippen LogP contribution in [0.25, 0.3) is 0 Å². The zero-order chi connectivity index (χ0) is 18.4. The molecule has 6 heteroatoms. The lowest BCUT2D eigenvalue weighted by atomic mass is 10.2.